The maximum atomic E-state index is 12.5. The van der Waals surface area contributed by atoms with Crippen LogP contribution < -0.4 is 0 Å². The first-order chi connectivity index (χ1) is 10.1. The number of hydrogen-bond donors (Lipinski definition) is 0. The summed E-state index contributed by atoms with van der Waals surface area (Å²) in [6.45, 7) is 6.57. The molecule has 0 saturated carbocycles. The molecule has 0 bridgehead atoms. The van der Waals surface area contributed by atoms with E-state index in [1.165, 1.54) is 12.8 Å². The Balaban J connectivity index is 1.92. The van der Waals surface area contributed by atoms with Gasteiger partial charge in [-0.25, -0.2) is 0 Å². The van der Waals surface area contributed by atoms with Gasteiger partial charge in [-0.05, 0) is 32.1 Å². The van der Waals surface area contributed by atoms with Gasteiger partial charge in [-0.3, -0.25) is 14.5 Å². The van der Waals surface area contributed by atoms with E-state index in [1.54, 1.807) is 0 Å². The van der Waals surface area contributed by atoms with E-state index in [2.05, 4.69) is 11.0 Å². The lowest BCUT2D eigenvalue weighted by Crippen LogP contribution is -2.39. The van der Waals surface area contributed by atoms with Crippen LogP contribution in [0.25, 0.3) is 0 Å². The predicted molar refractivity (Wildman–Crippen MR) is 80.4 cm³/mol. The number of ether oxygens (including phenoxy) is 1. The zero-order valence-electron chi connectivity index (χ0n) is 13.3. The first-order valence-corrected chi connectivity index (χ1v) is 7.86. The van der Waals surface area contributed by atoms with Gasteiger partial charge in [0, 0.05) is 25.3 Å². The number of rotatable bonds is 5. The first-order valence-electron chi connectivity index (χ1n) is 7.86. The Hall–Kier alpha value is -1.36. The van der Waals surface area contributed by atoms with E-state index in [-0.39, 0.29) is 23.7 Å². The largest absolute Gasteiger partial charge is 0.469 e. The van der Waals surface area contributed by atoms with E-state index in [4.69, 9.17) is 4.74 Å². The van der Waals surface area contributed by atoms with Crippen molar-refractivity contribution in [3.05, 3.63) is 11.8 Å². The summed E-state index contributed by atoms with van der Waals surface area (Å²) >= 11 is 0. The van der Waals surface area contributed by atoms with E-state index in [1.807, 2.05) is 18.7 Å². The molecule has 1 aliphatic carbocycles. The third kappa shape index (κ3) is 3.64. The fraction of sp³-hybridized carbons (Fsp3) is 0.750. The minimum atomic E-state index is -0.164. The Morgan fingerprint density at radius 1 is 1.43 bits per heavy atom. The summed E-state index contributed by atoms with van der Waals surface area (Å²) in [5.41, 5.74) is 1.17. The van der Waals surface area contributed by atoms with E-state index < -0.39 is 0 Å². The summed E-state index contributed by atoms with van der Waals surface area (Å²) in [7, 11) is 1.42. The Morgan fingerprint density at radius 3 is 2.76 bits per heavy atom. The van der Waals surface area contributed by atoms with Crippen LogP contribution in [-0.2, 0) is 14.3 Å². The molecule has 2 atom stereocenters. The van der Waals surface area contributed by atoms with Gasteiger partial charge in [0.1, 0.15) is 0 Å². The number of likely N-dealkylation sites (N-methyl/N-ethyl adjacent to an activating group) is 1. The Morgan fingerprint density at radius 2 is 2.19 bits per heavy atom. The van der Waals surface area contributed by atoms with Gasteiger partial charge in [-0.2, -0.15) is 0 Å². The van der Waals surface area contributed by atoms with Crippen LogP contribution in [0.2, 0.25) is 0 Å². The fourth-order valence-electron chi connectivity index (χ4n) is 3.37. The molecule has 0 aromatic rings. The number of amides is 1. The number of allylic oxidation sites excluding steroid dienone is 2. The van der Waals surface area contributed by atoms with Crippen molar-refractivity contribution < 1.29 is 14.3 Å². The molecule has 1 fully saturated rings. The molecule has 0 N–H and O–H groups in total. The molecular formula is C16H26N2O3. The Bertz CT molecular complexity index is 433. The molecule has 118 valence electrons. The number of carbonyl (C=O) groups is 2. The van der Waals surface area contributed by atoms with E-state index >= 15 is 0 Å². The molecule has 0 aromatic carbocycles. The second kappa shape index (κ2) is 7.07. The fourth-order valence-corrected chi connectivity index (χ4v) is 3.37. The highest BCUT2D eigenvalue weighted by molar-refractivity contribution is 5.80. The lowest BCUT2D eigenvalue weighted by molar-refractivity contribution is -0.146. The Labute approximate surface area is 126 Å². The molecule has 1 aliphatic heterocycles. The van der Waals surface area contributed by atoms with Crippen molar-refractivity contribution in [1.29, 1.82) is 0 Å². The highest BCUT2D eigenvalue weighted by Gasteiger charge is 2.36. The molecule has 2 aliphatic rings. The molecule has 1 heterocycles. The highest BCUT2D eigenvalue weighted by Crippen LogP contribution is 2.25. The Kier molecular flexibility index (Phi) is 5.39. The molecular weight excluding hydrogens is 268 g/mol. The maximum absolute atomic E-state index is 12.5. The van der Waals surface area contributed by atoms with Gasteiger partial charge < -0.3 is 9.64 Å². The number of esters is 1. The van der Waals surface area contributed by atoms with Crippen LogP contribution in [0, 0.1) is 11.8 Å². The summed E-state index contributed by atoms with van der Waals surface area (Å²) < 4.78 is 4.84. The van der Waals surface area contributed by atoms with E-state index in [0.29, 0.717) is 19.6 Å². The van der Waals surface area contributed by atoms with Crippen molar-refractivity contribution in [2.45, 2.75) is 33.1 Å². The van der Waals surface area contributed by atoms with Gasteiger partial charge in [-0.1, -0.05) is 13.0 Å². The minimum absolute atomic E-state index is 0.108. The monoisotopic (exact) mass is 294 g/mol. The van der Waals surface area contributed by atoms with Gasteiger partial charge in [0.15, 0.2) is 0 Å². The average molecular weight is 294 g/mol. The number of likely N-dealkylation sites (tertiary alicyclic amines) is 1. The number of nitrogens with zero attached hydrogens (tertiary/aromatic N) is 2. The lowest BCUT2D eigenvalue weighted by atomic mass is 9.99. The zero-order chi connectivity index (χ0) is 15.4. The smallest absolute Gasteiger partial charge is 0.310 e. The van der Waals surface area contributed by atoms with Crippen molar-refractivity contribution in [1.82, 2.24) is 9.80 Å². The molecule has 1 amide bonds. The highest BCUT2D eigenvalue weighted by atomic mass is 16.5. The molecule has 5 heteroatoms. The van der Waals surface area contributed by atoms with Gasteiger partial charge >= 0.3 is 5.97 Å². The van der Waals surface area contributed by atoms with E-state index in [9.17, 15) is 9.59 Å². The molecule has 1 saturated heterocycles. The normalized spacial score (nSPS) is 25.8. The summed E-state index contributed by atoms with van der Waals surface area (Å²) in [5.74, 6) is 0.112. The number of hydrogen-bond acceptors (Lipinski definition) is 4. The summed E-state index contributed by atoms with van der Waals surface area (Å²) in [6.07, 6.45) is 5.39. The van der Waals surface area contributed by atoms with Gasteiger partial charge in [0.25, 0.3) is 0 Å². The van der Waals surface area contributed by atoms with E-state index in [0.717, 1.165) is 25.8 Å². The maximum Gasteiger partial charge on any atom is 0.310 e. The predicted octanol–water partition coefficient (Wildman–Crippen LogP) is 1.64. The average Bonchev–Trinajstić information content (AvgIpc) is 3.09. The standard InChI is InChI=1S/C16H26N2O3/c1-4-18(13-7-5-6-8-13)15(19)11-17-9-12(2)14(10-17)16(20)21-3/h7,12,14H,4-6,8-11H2,1-3H3. The van der Waals surface area contributed by atoms with Crippen LogP contribution in [0.5, 0.6) is 0 Å². The zero-order valence-corrected chi connectivity index (χ0v) is 13.3. The van der Waals surface area contributed by atoms with Crippen molar-refractivity contribution in [3.8, 4) is 0 Å². The van der Waals surface area contributed by atoms with Crippen LogP contribution >= 0.6 is 0 Å². The molecule has 0 spiro atoms. The summed E-state index contributed by atoms with van der Waals surface area (Å²) in [5, 5.41) is 0. The molecule has 21 heavy (non-hydrogen) atoms. The first kappa shape index (κ1) is 16.0. The van der Waals surface area contributed by atoms with Crippen LogP contribution in [0.1, 0.15) is 33.1 Å². The van der Waals surface area contributed by atoms with Crippen LogP contribution in [0.15, 0.2) is 11.8 Å². The van der Waals surface area contributed by atoms with Crippen LogP contribution in [0.4, 0.5) is 0 Å². The van der Waals surface area contributed by atoms with Crippen LogP contribution in [0.3, 0.4) is 0 Å². The van der Waals surface area contributed by atoms with Gasteiger partial charge in [0.2, 0.25) is 5.91 Å². The van der Waals surface area contributed by atoms with Gasteiger partial charge in [0.05, 0.1) is 19.6 Å². The third-order valence-corrected chi connectivity index (χ3v) is 4.53. The third-order valence-electron chi connectivity index (χ3n) is 4.53. The quantitative estimate of drug-likeness (QED) is 0.723. The number of carbonyl (C=O) groups excluding carboxylic acids is 2. The van der Waals surface area contributed by atoms with Crippen molar-refractivity contribution in [3.63, 3.8) is 0 Å². The minimum Gasteiger partial charge on any atom is -0.469 e. The molecule has 0 radical (unpaired) electrons. The summed E-state index contributed by atoms with van der Waals surface area (Å²) in [6, 6.07) is 0. The topological polar surface area (TPSA) is 49.9 Å². The van der Waals surface area contributed by atoms with Crippen LogP contribution in [-0.4, -0.2) is 55.0 Å². The SMILES string of the molecule is CCN(C(=O)CN1CC(C)C(C(=O)OC)C1)C1=CCCC1. The lowest BCUT2D eigenvalue weighted by Gasteiger charge is -2.25. The summed E-state index contributed by atoms with van der Waals surface area (Å²) in [4.78, 5) is 28.2. The second-order valence-corrected chi connectivity index (χ2v) is 6.03. The van der Waals surface area contributed by atoms with Gasteiger partial charge in [-0.15, -0.1) is 0 Å². The molecule has 2 unspecified atom stereocenters. The van der Waals surface area contributed by atoms with Crippen molar-refractivity contribution in [2.24, 2.45) is 11.8 Å². The molecule has 5 nitrogen and oxygen atoms in total. The van der Waals surface area contributed by atoms with Crippen molar-refractivity contribution >= 4 is 11.9 Å². The van der Waals surface area contributed by atoms with Crippen molar-refractivity contribution in [2.75, 3.05) is 33.3 Å². The number of methoxy groups -OCH3 is 1. The molecule has 0 aromatic heterocycles. The second-order valence-electron chi connectivity index (χ2n) is 6.03. The molecule has 2 rings (SSSR count).